The summed E-state index contributed by atoms with van der Waals surface area (Å²) in [5, 5.41) is 15.6. The van der Waals surface area contributed by atoms with E-state index in [1.54, 1.807) is 7.11 Å². The lowest BCUT2D eigenvalue weighted by atomic mass is 10.0. The monoisotopic (exact) mass is 479 g/mol. The maximum absolute atomic E-state index is 8.87. The van der Waals surface area contributed by atoms with Crippen molar-refractivity contribution in [2.24, 2.45) is 10.9 Å². The second-order valence-electron chi connectivity index (χ2n) is 5.82. The fourth-order valence-corrected chi connectivity index (χ4v) is 2.42. The highest BCUT2D eigenvalue weighted by Crippen LogP contribution is 2.28. The number of rotatable bonds is 11. The van der Waals surface area contributed by atoms with E-state index in [0.29, 0.717) is 24.0 Å². The number of guanidine groups is 1. The Labute approximate surface area is 174 Å². The Morgan fingerprint density at radius 3 is 2.46 bits per heavy atom. The van der Waals surface area contributed by atoms with Crippen molar-refractivity contribution in [1.82, 2.24) is 10.6 Å². The molecule has 0 aliphatic carbocycles. The minimum Gasteiger partial charge on any atom is -0.493 e. The summed E-state index contributed by atoms with van der Waals surface area (Å²) in [6.45, 7) is 9.02. The third-order valence-electron chi connectivity index (χ3n) is 4.05. The molecular weight excluding hydrogens is 445 g/mol. The zero-order chi connectivity index (χ0) is 18.5. The molecule has 0 aliphatic heterocycles. The second-order valence-corrected chi connectivity index (χ2v) is 5.82. The van der Waals surface area contributed by atoms with Crippen LogP contribution in [0, 0.1) is 5.92 Å². The first-order chi connectivity index (χ1) is 12.2. The van der Waals surface area contributed by atoms with Crippen molar-refractivity contribution in [2.75, 3.05) is 33.4 Å². The van der Waals surface area contributed by atoms with Crippen LogP contribution >= 0.6 is 24.0 Å². The number of nitrogens with one attached hydrogen (secondary N) is 2. The molecule has 7 heteroatoms. The van der Waals surface area contributed by atoms with Crippen molar-refractivity contribution < 1.29 is 14.6 Å². The lowest BCUT2D eigenvalue weighted by Crippen LogP contribution is -2.39. The number of hydrogen-bond acceptors (Lipinski definition) is 4. The predicted octanol–water partition coefficient (Wildman–Crippen LogP) is 3.18. The maximum Gasteiger partial charge on any atom is 0.191 e. The zero-order valence-electron chi connectivity index (χ0n) is 16.4. The zero-order valence-corrected chi connectivity index (χ0v) is 18.7. The van der Waals surface area contributed by atoms with Crippen LogP contribution in [0.1, 0.15) is 39.2 Å². The first-order valence-electron chi connectivity index (χ1n) is 9.11. The van der Waals surface area contributed by atoms with Gasteiger partial charge in [-0.15, -0.1) is 24.0 Å². The van der Waals surface area contributed by atoms with Crippen LogP contribution in [0.15, 0.2) is 23.2 Å². The molecule has 1 rings (SSSR count). The Hall–Kier alpha value is -1.22. The second kappa shape index (κ2) is 14.9. The van der Waals surface area contributed by atoms with Crippen LogP contribution in [-0.4, -0.2) is 44.5 Å². The van der Waals surface area contributed by atoms with Gasteiger partial charge in [0.05, 0.1) is 20.3 Å². The number of methoxy groups -OCH3 is 1. The van der Waals surface area contributed by atoms with Gasteiger partial charge >= 0.3 is 0 Å². The lowest BCUT2D eigenvalue weighted by Gasteiger charge is -2.16. The van der Waals surface area contributed by atoms with Crippen molar-refractivity contribution >= 4 is 29.9 Å². The van der Waals surface area contributed by atoms with E-state index in [1.165, 1.54) is 0 Å². The maximum atomic E-state index is 8.87. The molecule has 6 nitrogen and oxygen atoms in total. The fourth-order valence-electron chi connectivity index (χ4n) is 2.42. The van der Waals surface area contributed by atoms with Gasteiger partial charge in [-0.05, 0) is 30.5 Å². The summed E-state index contributed by atoms with van der Waals surface area (Å²) in [6.07, 6.45) is 2.32. The molecule has 0 fully saturated rings. The largest absolute Gasteiger partial charge is 0.493 e. The van der Waals surface area contributed by atoms with Gasteiger partial charge in [-0.3, -0.25) is 0 Å². The first kappa shape index (κ1) is 24.8. The molecule has 0 aromatic heterocycles. The SMILES string of the molecule is CCNC(=NCc1ccc(OCCO)c(OC)c1)NCC(CC)CC.I. The van der Waals surface area contributed by atoms with Crippen molar-refractivity contribution in [2.45, 2.75) is 40.2 Å². The Bertz CT molecular complexity index is 523. The van der Waals surface area contributed by atoms with Crippen molar-refractivity contribution in [1.29, 1.82) is 0 Å². The number of ether oxygens (including phenoxy) is 2. The summed E-state index contributed by atoms with van der Waals surface area (Å²) < 4.78 is 10.8. The molecule has 0 radical (unpaired) electrons. The van der Waals surface area contributed by atoms with Crippen LogP contribution in [0.4, 0.5) is 0 Å². The summed E-state index contributed by atoms with van der Waals surface area (Å²) in [4.78, 5) is 4.65. The number of halogens is 1. The van der Waals surface area contributed by atoms with Crippen LogP contribution in [0.25, 0.3) is 0 Å². The molecule has 0 aliphatic rings. The van der Waals surface area contributed by atoms with Crippen molar-refractivity contribution in [3.8, 4) is 11.5 Å². The van der Waals surface area contributed by atoms with E-state index in [-0.39, 0.29) is 37.2 Å². The van der Waals surface area contributed by atoms with Crippen molar-refractivity contribution in [3.05, 3.63) is 23.8 Å². The average Bonchev–Trinajstić information content (AvgIpc) is 2.65. The van der Waals surface area contributed by atoms with E-state index in [2.05, 4.69) is 36.4 Å². The van der Waals surface area contributed by atoms with Crippen LogP contribution < -0.4 is 20.1 Å². The molecule has 0 unspecified atom stereocenters. The molecule has 26 heavy (non-hydrogen) atoms. The Morgan fingerprint density at radius 2 is 1.88 bits per heavy atom. The number of hydrogen-bond donors (Lipinski definition) is 3. The highest BCUT2D eigenvalue weighted by Gasteiger charge is 2.07. The highest BCUT2D eigenvalue weighted by molar-refractivity contribution is 14.0. The quantitative estimate of drug-likeness (QED) is 0.258. The van der Waals surface area contributed by atoms with Gasteiger partial charge in [-0.1, -0.05) is 32.8 Å². The van der Waals surface area contributed by atoms with Crippen molar-refractivity contribution in [3.63, 3.8) is 0 Å². The van der Waals surface area contributed by atoms with E-state index >= 15 is 0 Å². The molecular formula is C19H34IN3O3. The smallest absolute Gasteiger partial charge is 0.191 e. The summed E-state index contributed by atoms with van der Waals surface area (Å²) in [5.41, 5.74) is 1.04. The molecule has 0 amide bonds. The van der Waals surface area contributed by atoms with E-state index in [4.69, 9.17) is 14.6 Å². The number of aliphatic imine (C=N–C) groups is 1. The van der Waals surface area contributed by atoms with Gasteiger partial charge in [0.2, 0.25) is 0 Å². The van der Waals surface area contributed by atoms with Crippen LogP contribution in [0.2, 0.25) is 0 Å². The van der Waals surface area contributed by atoms with E-state index in [1.807, 2.05) is 18.2 Å². The molecule has 0 saturated carbocycles. The molecule has 1 aromatic carbocycles. The molecule has 0 spiro atoms. The van der Waals surface area contributed by atoms with E-state index in [0.717, 1.165) is 37.5 Å². The molecule has 0 saturated heterocycles. The Morgan fingerprint density at radius 1 is 1.15 bits per heavy atom. The van der Waals surface area contributed by atoms with Gasteiger partial charge in [-0.25, -0.2) is 4.99 Å². The molecule has 3 N–H and O–H groups in total. The van der Waals surface area contributed by atoms with E-state index < -0.39 is 0 Å². The molecule has 0 heterocycles. The third-order valence-corrected chi connectivity index (χ3v) is 4.05. The fraction of sp³-hybridized carbons (Fsp3) is 0.632. The molecule has 0 bridgehead atoms. The molecule has 1 aromatic rings. The average molecular weight is 479 g/mol. The predicted molar refractivity (Wildman–Crippen MR) is 118 cm³/mol. The molecule has 150 valence electrons. The van der Waals surface area contributed by atoms with Crippen LogP contribution in [0.3, 0.4) is 0 Å². The van der Waals surface area contributed by atoms with Gasteiger partial charge in [0, 0.05) is 13.1 Å². The summed E-state index contributed by atoms with van der Waals surface area (Å²) in [7, 11) is 1.61. The summed E-state index contributed by atoms with van der Waals surface area (Å²) >= 11 is 0. The lowest BCUT2D eigenvalue weighted by molar-refractivity contribution is 0.196. The Kier molecular flexibility index (Phi) is 14.2. The number of benzene rings is 1. The molecule has 0 atom stereocenters. The van der Waals surface area contributed by atoms with Gasteiger partial charge in [0.25, 0.3) is 0 Å². The van der Waals surface area contributed by atoms with Gasteiger partial charge < -0.3 is 25.2 Å². The standard InChI is InChI=1S/C19H33N3O3.HI/c1-5-15(6-2)13-21-19(20-7-3)22-14-16-8-9-17(25-11-10-23)18(12-16)24-4;/h8-9,12,15,23H,5-7,10-11,13-14H2,1-4H3,(H2,20,21,22);1H. The minimum atomic E-state index is -0.0244. The summed E-state index contributed by atoms with van der Waals surface area (Å²) in [5.74, 6) is 2.76. The number of aliphatic hydroxyl groups is 1. The van der Waals surface area contributed by atoms with Gasteiger partial charge in [0.15, 0.2) is 17.5 Å². The van der Waals surface area contributed by atoms with Crippen LogP contribution in [0.5, 0.6) is 11.5 Å². The third kappa shape index (κ3) is 8.93. The topological polar surface area (TPSA) is 75.1 Å². The Balaban J connectivity index is 0.00000625. The van der Waals surface area contributed by atoms with Gasteiger partial charge in [-0.2, -0.15) is 0 Å². The highest BCUT2D eigenvalue weighted by atomic mass is 127. The number of nitrogens with zero attached hydrogens (tertiary/aromatic N) is 1. The summed E-state index contributed by atoms with van der Waals surface area (Å²) in [6, 6.07) is 5.73. The van der Waals surface area contributed by atoms with Crippen LogP contribution in [-0.2, 0) is 6.54 Å². The van der Waals surface area contributed by atoms with Gasteiger partial charge in [0.1, 0.15) is 6.61 Å². The first-order valence-corrected chi connectivity index (χ1v) is 9.11. The van der Waals surface area contributed by atoms with E-state index in [9.17, 15) is 0 Å². The normalized spacial score (nSPS) is 11.1. The minimum absolute atomic E-state index is 0. The number of aliphatic hydroxyl groups excluding tert-OH is 1.